The predicted octanol–water partition coefficient (Wildman–Crippen LogP) is 3.54. The van der Waals surface area contributed by atoms with Crippen molar-refractivity contribution in [3.63, 3.8) is 0 Å². The first-order chi connectivity index (χ1) is 16.5. The fourth-order valence-corrected chi connectivity index (χ4v) is 6.10. The van der Waals surface area contributed by atoms with Crippen LogP contribution in [0.1, 0.15) is 67.5 Å². The van der Waals surface area contributed by atoms with Crippen LogP contribution in [0, 0.1) is 16.7 Å². The van der Waals surface area contributed by atoms with E-state index in [1.807, 2.05) is 17.0 Å². The second-order valence-electron chi connectivity index (χ2n) is 10.6. The molecular weight excluding hydrogens is 464 g/mol. The molecule has 1 aliphatic heterocycles. The molecule has 0 unspecified atom stereocenters. The molecule has 0 atom stereocenters. The van der Waals surface area contributed by atoms with Crippen molar-refractivity contribution < 1.29 is 19.1 Å². The third kappa shape index (κ3) is 5.05. The van der Waals surface area contributed by atoms with Crippen LogP contribution in [0.5, 0.6) is 5.75 Å². The van der Waals surface area contributed by atoms with E-state index in [1.165, 1.54) is 11.3 Å². The summed E-state index contributed by atoms with van der Waals surface area (Å²) in [6.45, 7) is 10.1. The number of nitrogens with one attached hydrogen (secondary N) is 2. The minimum atomic E-state index is -0.447. The Morgan fingerprint density at radius 3 is 2.43 bits per heavy atom. The van der Waals surface area contributed by atoms with Gasteiger partial charge in [-0.1, -0.05) is 39.8 Å². The molecule has 1 aromatic carbocycles. The summed E-state index contributed by atoms with van der Waals surface area (Å²) in [4.78, 5) is 44.2. The van der Waals surface area contributed by atoms with Crippen LogP contribution in [0.3, 0.4) is 0 Å². The van der Waals surface area contributed by atoms with Gasteiger partial charge in [0.15, 0.2) is 0 Å². The number of likely N-dealkylation sites (tertiary alicyclic amines) is 1. The molecule has 1 aromatic heterocycles. The topological polar surface area (TPSA) is 101 Å². The second kappa shape index (κ2) is 9.60. The lowest BCUT2D eigenvalue weighted by Gasteiger charge is -2.31. The van der Waals surface area contributed by atoms with E-state index in [2.05, 4.69) is 43.5 Å². The lowest BCUT2D eigenvalue weighted by atomic mass is 9.96. The maximum absolute atomic E-state index is 13.0. The molecule has 0 radical (unpaired) electrons. The van der Waals surface area contributed by atoms with E-state index < -0.39 is 5.91 Å². The Morgan fingerprint density at radius 1 is 1.11 bits per heavy atom. The van der Waals surface area contributed by atoms with Crippen LogP contribution in [-0.2, 0) is 16.0 Å². The van der Waals surface area contributed by atoms with Crippen molar-refractivity contribution >= 4 is 29.1 Å². The predicted molar refractivity (Wildman–Crippen MR) is 134 cm³/mol. The maximum Gasteiger partial charge on any atom is 0.289 e. The van der Waals surface area contributed by atoms with Gasteiger partial charge in [-0.05, 0) is 41.4 Å². The van der Waals surface area contributed by atoms with Gasteiger partial charge >= 0.3 is 0 Å². The zero-order chi connectivity index (χ0) is 25.4. The highest BCUT2D eigenvalue weighted by molar-refractivity contribution is 7.09. The Labute approximate surface area is 210 Å². The van der Waals surface area contributed by atoms with Gasteiger partial charge in [0.25, 0.3) is 5.91 Å². The Kier molecular flexibility index (Phi) is 6.90. The summed E-state index contributed by atoms with van der Waals surface area (Å²) in [6, 6.07) is 7.21. The molecule has 8 nitrogen and oxygen atoms in total. The smallest absolute Gasteiger partial charge is 0.289 e. The molecule has 9 heteroatoms. The van der Waals surface area contributed by atoms with Crippen molar-refractivity contribution in [2.75, 3.05) is 20.2 Å². The van der Waals surface area contributed by atoms with E-state index in [1.54, 1.807) is 24.6 Å². The summed E-state index contributed by atoms with van der Waals surface area (Å²) in [5.74, 6) is 0.472. The van der Waals surface area contributed by atoms with Crippen LogP contribution in [0.25, 0.3) is 0 Å². The van der Waals surface area contributed by atoms with Gasteiger partial charge in [-0.2, -0.15) is 0 Å². The zero-order valence-electron chi connectivity index (χ0n) is 21.0. The van der Waals surface area contributed by atoms with Crippen molar-refractivity contribution in [2.24, 2.45) is 16.7 Å². The number of nitrogens with zero attached hydrogens (tertiary/aromatic N) is 2. The molecule has 1 saturated heterocycles. The number of aromatic nitrogens is 1. The number of ether oxygens (including phenoxy) is 1. The van der Waals surface area contributed by atoms with Crippen LogP contribution in [-0.4, -0.2) is 47.8 Å². The first kappa shape index (κ1) is 25.2. The van der Waals surface area contributed by atoms with E-state index in [0.717, 1.165) is 23.4 Å². The Morgan fingerprint density at radius 2 is 1.80 bits per heavy atom. The number of methoxy groups -OCH3 is 1. The maximum atomic E-state index is 13.0. The molecule has 1 saturated carbocycles. The Hall–Kier alpha value is -2.94. The molecule has 2 aliphatic rings. The molecule has 2 aromatic rings. The minimum absolute atomic E-state index is 0.0435. The average molecular weight is 499 g/mol. The minimum Gasteiger partial charge on any atom is -0.497 e. The summed E-state index contributed by atoms with van der Waals surface area (Å²) in [5, 5.41) is 2.61. The van der Waals surface area contributed by atoms with Crippen molar-refractivity contribution in [2.45, 2.75) is 52.9 Å². The van der Waals surface area contributed by atoms with Crippen LogP contribution in [0.2, 0.25) is 0 Å². The van der Waals surface area contributed by atoms with Crippen LogP contribution < -0.4 is 15.6 Å². The van der Waals surface area contributed by atoms with Crippen molar-refractivity contribution in [3.05, 3.63) is 45.9 Å². The first-order valence-corrected chi connectivity index (χ1v) is 12.9. The van der Waals surface area contributed by atoms with E-state index >= 15 is 0 Å². The Bertz CT molecular complexity index is 1100. The molecule has 0 spiro atoms. The number of carbonyl (C=O) groups excluding carboxylic acids is 3. The number of hydrogen-bond acceptors (Lipinski definition) is 6. The van der Waals surface area contributed by atoms with Gasteiger partial charge in [0.1, 0.15) is 11.4 Å². The molecule has 2 fully saturated rings. The molecule has 2 N–H and O–H groups in total. The number of benzene rings is 1. The summed E-state index contributed by atoms with van der Waals surface area (Å²) in [5.41, 5.74) is 6.04. The quantitative estimate of drug-likeness (QED) is 0.594. The lowest BCUT2D eigenvalue weighted by molar-refractivity contribution is -0.135. The highest BCUT2D eigenvalue weighted by Gasteiger charge is 2.68. The van der Waals surface area contributed by atoms with Crippen LogP contribution in [0.15, 0.2) is 29.6 Å². The number of amides is 3. The number of hydrazine groups is 1. The Balaban J connectivity index is 1.25. The fraction of sp³-hybridized carbons (Fsp3) is 0.538. The third-order valence-electron chi connectivity index (χ3n) is 7.99. The monoisotopic (exact) mass is 498 g/mol. The third-order valence-corrected chi connectivity index (χ3v) is 9.00. The number of rotatable bonds is 6. The molecule has 0 bridgehead atoms. The van der Waals surface area contributed by atoms with Crippen molar-refractivity contribution in [1.29, 1.82) is 0 Å². The van der Waals surface area contributed by atoms with Gasteiger partial charge in [-0.15, -0.1) is 11.3 Å². The second-order valence-corrected chi connectivity index (χ2v) is 11.5. The van der Waals surface area contributed by atoms with Crippen molar-refractivity contribution in [1.82, 2.24) is 20.7 Å². The standard InChI is InChI=1S/C26H34N4O4S/c1-25(2)21(26(25,3)4)24(33)30-11-9-17(10-12-30)23-27-19(15-35-23)22(32)29-28-20(31)14-16-7-6-8-18(13-16)34-5/h6-8,13,15,17,21H,9-12,14H2,1-5H3,(H,28,31)(H,29,32). The molecular formula is C26H34N4O4S. The molecule has 188 valence electrons. The average Bonchev–Trinajstić information content (AvgIpc) is 3.16. The van der Waals surface area contributed by atoms with Crippen LogP contribution >= 0.6 is 11.3 Å². The lowest BCUT2D eigenvalue weighted by Crippen LogP contribution is -2.42. The van der Waals surface area contributed by atoms with Crippen LogP contribution in [0.4, 0.5) is 0 Å². The largest absolute Gasteiger partial charge is 0.497 e. The van der Waals surface area contributed by atoms with Gasteiger partial charge in [0.2, 0.25) is 11.8 Å². The van der Waals surface area contributed by atoms with Gasteiger partial charge in [0, 0.05) is 30.3 Å². The summed E-state index contributed by atoms with van der Waals surface area (Å²) in [6.07, 6.45) is 1.79. The number of carbonyl (C=O) groups is 3. The summed E-state index contributed by atoms with van der Waals surface area (Å²) in [7, 11) is 1.57. The number of hydrogen-bond donors (Lipinski definition) is 2. The highest BCUT2D eigenvalue weighted by atomic mass is 32.1. The van der Waals surface area contributed by atoms with E-state index in [4.69, 9.17) is 4.74 Å². The highest BCUT2D eigenvalue weighted by Crippen LogP contribution is 2.68. The van der Waals surface area contributed by atoms with Gasteiger partial charge in [-0.3, -0.25) is 25.2 Å². The summed E-state index contributed by atoms with van der Waals surface area (Å²) >= 11 is 1.45. The van der Waals surface area contributed by atoms with Gasteiger partial charge in [0.05, 0.1) is 18.5 Å². The number of piperidine rings is 1. The van der Waals surface area contributed by atoms with Gasteiger partial charge < -0.3 is 9.64 Å². The fourth-order valence-electron chi connectivity index (χ4n) is 5.13. The molecule has 2 heterocycles. The van der Waals surface area contributed by atoms with E-state index in [9.17, 15) is 14.4 Å². The first-order valence-electron chi connectivity index (χ1n) is 12.0. The normalized spacial score (nSPS) is 19.2. The molecule has 4 rings (SSSR count). The SMILES string of the molecule is COc1cccc(CC(=O)NNC(=O)c2csc(C3CCN(C(=O)C4C(C)(C)C4(C)C)CC3)n2)c1. The van der Waals surface area contributed by atoms with E-state index in [-0.39, 0.29) is 46.6 Å². The van der Waals surface area contributed by atoms with Crippen molar-refractivity contribution in [3.8, 4) is 5.75 Å². The van der Waals surface area contributed by atoms with Gasteiger partial charge in [-0.25, -0.2) is 4.98 Å². The molecule has 1 aliphatic carbocycles. The number of thiazole rings is 1. The molecule has 3 amide bonds. The molecule has 35 heavy (non-hydrogen) atoms. The zero-order valence-corrected chi connectivity index (χ0v) is 21.8. The van der Waals surface area contributed by atoms with E-state index in [0.29, 0.717) is 18.8 Å². The summed E-state index contributed by atoms with van der Waals surface area (Å²) < 4.78 is 5.16.